The van der Waals surface area contributed by atoms with E-state index in [9.17, 15) is 19.8 Å². The number of carboxylic acid groups (broad SMARTS) is 1. The Bertz CT molecular complexity index is 546. The molecule has 0 aromatic heterocycles. The van der Waals surface area contributed by atoms with Crippen molar-refractivity contribution in [2.75, 3.05) is 25.0 Å². The zero-order valence-electron chi connectivity index (χ0n) is 11.5. The second-order valence-electron chi connectivity index (χ2n) is 5.40. The van der Waals surface area contributed by atoms with Crippen molar-refractivity contribution in [3.8, 4) is 5.75 Å². The third kappa shape index (κ3) is 2.54. The molecule has 1 unspecified atom stereocenters. The van der Waals surface area contributed by atoms with Crippen LogP contribution in [0.15, 0.2) is 24.3 Å². The summed E-state index contributed by atoms with van der Waals surface area (Å²) in [6.07, 6.45) is 0.446. The monoisotopic (exact) mass is 278 g/mol. The van der Waals surface area contributed by atoms with Crippen LogP contribution in [0.2, 0.25) is 0 Å². The lowest BCUT2D eigenvalue weighted by atomic mass is 9.90. The fourth-order valence-corrected chi connectivity index (χ4v) is 2.32. The topological polar surface area (TPSA) is 81.1 Å². The van der Waals surface area contributed by atoms with E-state index < -0.39 is 11.4 Å². The summed E-state index contributed by atoms with van der Waals surface area (Å²) in [6.45, 7) is 2.27. The minimum absolute atomic E-state index is 0.0824. The number of phenols is 1. The van der Waals surface area contributed by atoms with Crippen LogP contribution in [-0.4, -0.2) is 47.3 Å². The number of likely N-dealkylation sites (tertiary alicyclic amines) is 1. The maximum atomic E-state index is 12.3. The highest BCUT2D eigenvalue weighted by Gasteiger charge is 2.42. The van der Waals surface area contributed by atoms with Gasteiger partial charge in [0.15, 0.2) is 0 Å². The molecule has 108 valence electrons. The first-order valence-electron chi connectivity index (χ1n) is 6.38. The van der Waals surface area contributed by atoms with Crippen LogP contribution < -0.4 is 4.90 Å². The van der Waals surface area contributed by atoms with E-state index in [0.29, 0.717) is 18.7 Å². The van der Waals surface area contributed by atoms with Gasteiger partial charge in [-0.25, -0.2) is 4.79 Å². The van der Waals surface area contributed by atoms with Gasteiger partial charge in [-0.05, 0) is 25.5 Å². The number of hydrogen-bond donors (Lipinski definition) is 2. The summed E-state index contributed by atoms with van der Waals surface area (Å²) in [5.41, 5.74) is -0.311. The van der Waals surface area contributed by atoms with Gasteiger partial charge < -0.3 is 15.1 Å². The van der Waals surface area contributed by atoms with Gasteiger partial charge in [0.2, 0.25) is 0 Å². The van der Waals surface area contributed by atoms with Gasteiger partial charge in [-0.15, -0.1) is 0 Å². The van der Waals surface area contributed by atoms with Crippen LogP contribution in [0.5, 0.6) is 5.75 Å². The summed E-state index contributed by atoms with van der Waals surface area (Å²) < 4.78 is 0. The maximum Gasteiger partial charge on any atom is 0.324 e. The second-order valence-corrected chi connectivity index (χ2v) is 5.40. The zero-order valence-corrected chi connectivity index (χ0v) is 11.5. The molecule has 1 fully saturated rings. The van der Waals surface area contributed by atoms with E-state index in [1.165, 1.54) is 21.9 Å². The largest absolute Gasteiger partial charge is 0.508 e. The molecule has 2 N–H and O–H groups in total. The number of rotatable bonds is 2. The van der Waals surface area contributed by atoms with Crippen LogP contribution in [0.1, 0.15) is 13.3 Å². The summed E-state index contributed by atoms with van der Waals surface area (Å²) >= 11 is 0. The van der Waals surface area contributed by atoms with E-state index >= 15 is 0 Å². The Kier molecular flexibility index (Phi) is 3.57. The fourth-order valence-electron chi connectivity index (χ4n) is 2.32. The number of carbonyl (C=O) groups excluding carboxylic acids is 1. The van der Waals surface area contributed by atoms with E-state index in [0.717, 1.165) is 0 Å². The molecule has 1 saturated heterocycles. The van der Waals surface area contributed by atoms with E-state index in [2.05, 4.69) is 0 Å². The van der Waals surface area contributed by atoms with Crippen molar-refractivity contribution in [2.45, 2.75) is 13.3 Å². The minimum atomic E-state index is -0.882. The Balaban J connectivity index is 2.11. The summed E-state index contributed by atoms with van der Waals surface area (Å²) in [7, 11) is 1.60. The Labute approximate surface area is 117 Å². The molecule has 0 spiro atoms. The third-order valence-corrected chi connectivity index (χ3v) is 3.76. The molecule has 1 aliphatic heterocycles. The molecule has 6 nitrogen and oxygen atoms in total. The van der Waals surface area contributed by atoms with Crippen molar-refractivity contribution in [3.05, 3.63) is 24.3 Å². The van der Waals surface area contributed by atoms with Crippen LogP contribution in [0.4, 0.5) is 10.5 Å². The second kappa shape index (κ2) is 5.03. The number of urea groups is 1. The average Bonchev–Trinajstić information content (AvgIpc) is 2.81. The van der Waals surface area contributed by atoms with Crippen molar-refractivity contribution in [3.63, 3.8) is 0 Å². The number of anilines is 1. The molecular formula is C14H18N2O4. The van der Waals surface area contributed by atoms with Crippen LogP contribution in [0, 0.1) is 5.41 Å². The number of nitrogens with zero attached hydrogens (tertiary/aromatic N) is 2. The van der Waals surface area contributed by atoms with Gasteiger partial charge in [-0.1, -0.05) is 6.07 Å². The van der Waals surface area contributed by atoms with Crippen LogP contribution >= 0.6 is 0 Å². The molecule has 0 aliphatic carbocycles. The Morgan fingerprint density at radius 1 is 1.40 bits per heavy atom. The van der Waals surface area contributed by atoms with Gasteiger partial charge in [0.05, 0.1) is 5.41 Å². The molecule has 0 saturated carbocycles. The van der Waals surface area contributed by atoms with Gasteiger partial charge in [-0.3, -0.25) is 9.69 Å². The Morgan fingerprint density at radius 2 is 2.10 bits per heavy atom. The van der Waals surface area contributed by atoms with Gasteiger partial charge in [0.25, 0.3) is 0 Å². The SMILES string of the molecule is CN(C(=O)N1CCC(C)(C(=O)O)C1)c1cccc(O)c1. The number of aliphatic carboxylic acids is 1. The van der Waals surface area contributed by atoms with Crippen molar-refractivity contribution in [2.24, 2.45) is 5.41 Å². The predicted octanol–water partition coefficient (Wildman–Crippen LogP) is 1.75. The highest BCUT2D eigenvalue weighted by molar-refractivity contribution is 5.92. The first kappa shape index (κ1) is 14.2. The smallest absolute Gasteiger partial charge is 0.324 e. The molecule has 0 bridgehead atoms. The highest BCUT2D eigenvalue weighted by Crippen LogP contribution is 2.31. The number of phenolic OH excluding ortho intramolecular Hbond substituents is 1. The number of carboxylic acids is 1. The third-order valence-electron chi connectivity index (χ3n) is 3.76. The quantitative estimate of drug-likeness (QED) is 0.863. The van der Waals surface area contributed by atoms with E-state index in [-0.39, 0.29) is 18.3 Å². The summed E-state index contributed by atoms with van der Waals surface area (Å²) in [4.78, 5) is 26.5. The van der Waals surface area contributed by atoms with Crippen LogP contribution in [0.3, 0.4) is 0 Å². The highest BCUT2D eigenvalue weighted by atomic mass is 16.4. The van der Waals surface area contributed by atoms with Crippen molar-refractivity contribution in [1.82, 2.24) is 4.90 Å². The first-order valence-corrected chi connectivity index (χ1v) is 6.38. The summed E-state index contributed by atoms with van der Waals surface area (Å²) in [5, 5.41) is 18.6. The Hall–Kier alpha value is -2.24. The molecule has 1 atom stereocenters. The number of aromatic hydroxyl groups is 1. The molecule has 20 heavy (non-hydrogen) atoms. The maximum absolute atomic E-state index is 12.3. The normalized spacial score (nSPS) is 21.8. The van der Waals surface area contributed by atoms with Crippen LogP contribution in [0.25, 0.3) is 0 Å². The lowest BCUT2D eigenvalue weighted by Gasteiger charge is -2.26. The van der Waals surface area contributed by atoms with Gasteiger partial charge >= 0.3 is 12.0 Å². The predicted molar refractivity (Wildman–Crippen MR) is 73.8 cm³/mol. The molecule has 6 heteroatoms. The molecule has 1 heterocycles. The van der Waals surface area contributed by atoms with E-state index in [1.54, 1.807) is 26.1 Å². The standard InChI is InChI=1S/C14H18N2O4/c1-14(12(18)19)6-7-16(9-14)13(20)15(2)10-4-3-5-11(17)8-10/h3-5,8,17H,6-7,9H2,1-2H3,(H,18,19). The van der Waals surface area contributed by atoms with E-state index in [1.807, 2.05) is 0 Å². The number of hydrogen-bond acceptors (Lipinski definition) is 3. The molecule has 1 aromatic rings. The number of amides is 2. The first-order chi connectivity index (χ1) is 9.33. The summed E-state index contributed by atoms with van der Waals surface area (Å²) in [6, 6.07) is 6.12. The van der Waals surface area contributed by atoms with Crippen LogP contribution in [-0.2, 0) is 4.79 Å². The minimum Gasteiger partial charge on any atom is -0.508 e. The lowest BCUT2D eigenvalue weighted by molar-refractivity contribution is -0.146. The van der Waals surface area contributed by atoms with E-state index in [4.69, 9.17) is 0 Å². The number of carbonyl (C=O) groups is 2. The van der Waals surface area contributed by atoms with Gasteiger partial charge in [-0.2, -0.15) is 0 Å². The zero-order chi connectivity index (χ0) is 14.9. The fraction of sp³-hybridized carbons (Fsp3) is 0.429. The lowest BCUT2D eigenvalue weighted by Crippen LogP contribution is -2.42. The molecule has 1 aromatic carbocycles. The summed E-state index contributed by atoms with van der Waals surface area (Å²) in [5.74, 6) is -0.799. The molecule has 1 aliphatic rings. The van der Waals surface area contributed by atoms with Crippen molar-refractivity contribution in [1.29, 1.82) is 0 Å². The van der Waals surface area contributed by atoms with Gasteiger partial charge in [0.1, 0.15) is 5.75 Å². The van der Waals surface area contributed by atoms with Crippen molar-refractivity contribution >= 4 is 17.7 Å². The number of benzene rings is 1. The van der Waals surface area contributed by atoms with Crippen molar-refractivity contribution < 1.29 is 19.8 Å². The molecule has 0 radical (unpaired) electrons. The molecule has 2 rings (SSSR count). The average molecular weight is 278 g/mol. The Morgan fingerprint density at radius 3 is 2.65 bits per heavy atom. The molecular weight excluding hydrogens is 260 g/mol. The molecule has 2 amide bonds. The van der Waals surface area contributed by atoms with Gasteiger partial charge in [0, 0.05) is 31.9 Å².